The van der Waals surface area contributed by atoms with Gasteiger partial charge in [0.1, 0.15) is 5.02 Å². The number of alkyl halides is 6. The highest BCUT2D eigenvalue weighted by atomic mass is 79.9. The van der Waals surface area contributed by atoms with E-state index in [1.165, 1.54) is 18.6 Å². The molecule has 5 rings (SSSR count). The Morgan fingerprint density at radius 3 is 2.16 bits per heavy atom. The molecule has 16 heteroatoms. The van der Waals surface area contributed by atoms with E-state index < -0.39 is 29.5 Å². The zero-order valence-corrected chi connectivity index (χ0v) is 25.8. The Bertz CT molecular complexity index is 1420. The molecule has 0 aliphatic carbocycles. The van der Waals surface area contributed by atoms with Crippen LogP contribution in [0.2, 0.25) is 5.02 Å². The van der Waals surface area contributed by atoms with Gasteiger partial charge in [0.15, 0.2) is 5.82 Å². The van der Waals surface area contributed by atoms with Crippen molar-refractivity contribution in [3.8, 4) is 0 Å². The predicted molar refractivity (Wildman–Crippen MR) is 157 cm³/mol. The Morgan fingerprint density at radius 1 is 0.977 bits per heavy atom. The van der Waals surface area contributed by atoms with E-state index >= 15 is 0 Å². The quantitative estimate of drug-likeness (QED) is 0.271. The third kappa shape index (κ3) is 7.31. The first-order valence-corrected chi connectivity index (χ1v) is 15.1. The van der Waals surface area contributed by atoms with Crippen molar-refractivity contribution in [1.82, 2.24) is 19.9 Å². The van der Waals surface area contributed by atoms with Gasteiger partial charge in [-0.1, -0.05) is 18.5 Å². The van der Waals surface area contributed by atoms with E-state index in [1.807, 2.05) is 16.7 Å². The number of hydrogen-bond donors (Lipinski definition) is 1. The van der Waals surface area contributed by atoms with Crippen LogP contribution >= 0.6 is 27.5 Å². The number of hydrogen-bond acceptors (Lipinski definition) is 8. The van der Waals surface area contributed by atoms with Gasteiger partial charge in [0.2, 0.25) is 11.9 Å². The summed E-state index contributed by atoms with van der Waals surface area (Å²) in [5, 5.41) is 10.2. The summed E-state index contributed by atoms with van der Waals surface area (Å²) in [4.78, 5) is 23.4. The average molecular weight is 709 g/mol. The van der Waals surface area contributed by atoms with Gasteiger partial charge in [0, 0.05) is 44.6 Å². The molecule has 0 amide bonds. The summed E-state index contributed by atoms with van der Waals surface area (Å²) < 4.78 is 82.4. The highest BCUT2D eigenvalue weighted by Gasteiger charge is 2.40. The van der Waals surface area contributed by atoms with Crippen LogP contribution in [0.3, 0.4) is 0 Å². The van der Waals surface area contributed by atoms with Crippen molar-refractivity contribution >= 4 is 45.2 Å². The van der Waals surface area contributed by atoms with E-state index in [1.54, 1.807) is 4.90 Å². The highest BCUT2D eigenvalue weighted by molar-refractivity contribution is 9.10. The molecule has 1 N–H and O–H groups in total. The van der Waals surface area contributed by atoms with Gasteiger partial charge in [-0.3, -0.25) is 0 Å². The molecular formula is C28H29BrClF6N7O. The molecule has 0 radical (unpaired) electrons. The Kier molecular flexibility index (Phi) is 9.47. The first kappa shape index (κ1) is 32.5. The smallest absolute Gasteiger partial charge is 0.393 e. The summed E-state index contributed by atoms with van der Waals surface area (Å²) in [6.07, 6.45) is -3.55. The Hall–Kier alpha value is -2.91. The maximum absolute atomic E-state index is 13.6. The molecule has 44 heavy (non-hydrogen) atoms. The summed E-state index contributed by atoms with van der Waals surface area (Å²) in [6, 6.07) is 1.06. The van der Waals surface area contributed by atoms with Crippen LogP contribution in [-0.4, -0.2) is 62.9 Å². The molecule has 4 heterocycles. The molecule has 2 fully saturated rings. The third-order valence-electron chi connectivity index (χ3n) is 7.90. The van der Waals surface area contributed by atoms with Gasteiger partial charge in [0.05, 0.1) is 33.9 Å². The minimum atomic E-state index is -4.97. The van der Waals surface area contributed by atoms with Gasteiger partial charge >= 0.3 is 12.4 Å². The molecular weight excluding hydrogens is 680 g/mol. The van der Waals surface area contributed by atoms with Crippen LogP contribution < -0.4 is 14.7 Å². The van der Waals surface area contributed by atoms with Crippen molar-refractivity contribution in [3.63, 3.8) is 0 Å². The van der Waals surface area contributed by atoms with Crippen molar-refractivity contribution in [2.45, 2.75) is 69.7 Å². The molecule has 2 aliphatic rings. The lowest BCUT2D eigenvalue weighted by molar-refractivity contribution is -0.143. The minimum Gasteiger partial charge on any atom is -0.393 e. The van der Waals surface area contributed by atoms with E-state index in [9.17, 15) is 31.4 Å². The average Bonchev–Trinajstić information content (AvgIpc) is 3.40. The van der Waals surface area contributed by atoms with Crippen molar-refractivity contribution < 1.29 is 31.4 Å². The zero-order valence-electron chi connectivity index (χ0n) is 23.5. The molecule has 0 bridgehead atoms. The lowest BCUT2D eigenvalue weighted by Gasteiger charge is -2.32. The summed E-state index contributed by atoms with van der Waals surface area (Å²) >= 11 is 9.86. The molecule has 2 saturated heterocycles. The Morgan fingerprint density at radius 2 is 1.59 bits per heavy atom. The van der Waals surface area contributed by atoms with Crippen LogP contribution in [0.15, 0.2) is 41.3 Å². The maximum atomic E-state index is 13.6. The molecule has 1 aromatic carbocycles. The number of piperidine rings is 1. The second kappa shape index (κ2) is 12.8. The zero-order chi connectivity index (χ0) is 31.8. The van der Waals surface area contributed by atoms with E-state index in [2.05, 4.69) is 30.9 Å². The molecule has 2 aliphatic heterocycles. The lowest BCUT2D eigenvalue weighted by Crippen LogP contribution is -2.39. The first-order chi connectivity index (χ1) is 20.7. The van der Waals surface area contributed by atoms with Gasteiger partial charge in [-0.25, -0.2) is 15.0 Å². The molecule has 0 saturated carbocycles. The fourth-order valence-electron chi connectivity index (χ4n) is 5.66. The van der Waals surface area contributed by atoms with Crippen LogP contribution in [0.4, 0.5) is 44.1 Å². The van der Waals surface area contributed by atoms with Crippen LogP contribution in [-0.2, 0) is 18.9 Å². The SMILES string of the molecule is CCC1C[C@H](N(Cc2cc(C(F)(F)F)cc(C(F)(F)F)c2)c2ncc(Br)cn2)CN1c1nc(N2CCC(O)CC2)ncc1Cl. The summed E-state index contributed by atoms with van der Waals surface area (Å²) in [5.74, 6) is 1.10. The minimum absolute atomic E-state index is 0.103. The van der Waals surface area contributed by atoms with Crippen LogP contribution in [0, 0.1) is 0 Å². The number of benzene rings is 1. The second-order valence-electron chi connectivity index (χ2n) is 10.9. The van der Waals surface area contributed by atoms with E-state index in [4.69, 9.17) is 16.6 Å². The Labute approximate surface area is 263 Å². The number of rotatable bonds is 7. The molecule has 2 atom stereocenters. The number of halogens is 8. The standard InChI is InChI=1S/C28H29BrClF6N7O/c1-2-20-10-21(15-42(20)24-23(30)13-39-26(40-24)41-5-3-22(44)4-6-41)43(25-37-11-19(29)12-38-25)14-16-7-17(27(31,32)33)9-18(8-16)28(34,35)36/h7-9,11-13,20-22,44H,2-6,10,14-15H2,1H3/t20?,21-/m0/s1. The molecule has 1 unspecified atom stereocenters. The van der Waals surface area contributed by atoms with Gasteiger partial charge in [-0.2, -0.15) is 31.3 Å². The topological polar surface area (TPSA) is 81.5 Å². The lowest BCUT2D eigenvalue weighted by atomic mass is 10.0. The van der Waals surface area contributed by atoms with Crippen LogP contribution in [0.25, 0.3) is 0 Å². The molecule has 3 aromatic rings. The van der Waals surface area contributed by atoms with E-state index in [-0.39, 0.29) is 36.3 Å². The van der Waals surface area contributed by atoms with Crippen molar-refractivity contribution in [2.24, 2.45) is 0 Å². The van der Waals surface area contributed by atoms with Gasteiger partial charge in [-0.05, 0) is 65.4 Å². The van der Waals surface area contributed by atoms with E-state index in [0.29, 0.717) is 66.6 Å². The third-order valence-corrected chi connectivity index (χ3v) is 8.58. The normalized spacial score (nSPS) is 20.0. The molecule has 8 nitrogen and oxygen atoms in total. The van der Waals surface area contributed by atoms with E-state index in [0.717, 1.165) is 12.1 Å². The predicted octanol–water partition coefficient (Wildman–Crippen LogP) is 6.75. The fraction of sp³-hybridized carbons (Fsp3) is 0.500. The van der Waals surface area contributed by atoms with Gasteiger partial charge in [0.25, 0.3) is 0 Å². The number of aliphatic hydroxyl groups is 1. The first-order valence-electron chi connectivity index (χ1n) is 14.0. The summed E-state index contributed by atoms with van der Waals surface area (Å²) in [6.45, 7) is 3.13. The van der Waals surface area contributed by atoms with Gasteiger partial charge < -0.3 is 19.8 Å². The second-order valence-corrected chi connectivity index (χ2v) is 12.2. The van der Waals surface area contributed by atoms with Crippen molar-refractivity contribution in [3.05, 3.63) is 63.0 Å². The maximum Gasteiger partial charge on any atom is 0.416 e. The summed E-state index contributed by atoms with van der Waals surface area (Å²) in [7, 11) is 0. The number of aromatic nitrogens is 4. The molecule has 238 valence electrons. The number of aliphatic hydroxyl groups excluding tert-OH is 1. The number of anilines is 3. The fourth-order valence-corrected chi connectivity index (χ4v) is 6.06. The molecule has 0 spiro atoms. The van der Waals surface area contributed by atoms with Crippen LogP contribution in [0.5, 0.6) is 0 Å². The van der Waals surface area contributed by atoms with Crippen molar-refractivity contribution in [2.75, 3.05) is 34.3 Å². The largest absolute Gasteiger partial charge is 0.416 e. The van der Waals surface area contributed by atoms with Crippen molar-refractivity contribution in [1.29, 1.82) is 0 Å². The molecule has 2 aromatic heterocycles. The highest BCUT2D eigenvalue weighted by Crippen LogP contribution is 2.39. The monoisotopic (exact) mass is 707 g/mol. The van der Waals surface area contributed by atoms with Gasteiger partial charge in [-0.15, -0.1) is 0 Å². The summed E-state index contributed by atoms with van der Waals surface area (Å²) in [5.41, 5.74) is -2.95. The number of nitrogens with zero attached hydrogens (tertiary/aromatic N) is 7. The Balaban J connectivity index is 1.50. The van der Waals surface area contributed by atoms with Crippen LogP contribution in [0.1, 0.15) is 49.3 Å².